The lowest BCUT2D eigenvalue weighted by molar-refractivity contribution is 0.646. The normalized spacial score (nSPS) is 11.4. The van der Waals surface area contributed by atoms with Crippen LogP contribution in [0.1, 0.15) is 23.9 Å². The molecular formula is C14H15ClN4OS. The first-order valence-electron chi connectivity index (χ1n) is 6.66. The molecule has 0 saturated carbocycles. The third-order valence-corrected chi connectivity index (χ3v) is 5.06. The van der Waals surface area contributed by atoms with Gasteiger partial charge in [-0.15, -0.1) is 11.3 Å². The molecule has 110 valence electrons. The fourth-order valence-electron chi connectivity index (χ4n) is 2.33. The molecule has 0 spiro atoms. The summed E-state index contributed by atoms with van der Waals surface area (Å²) in [6.07, 6.45) is 2.35. The maximum atomic E-state index is 12.5. The zero-order valence-electron chi connectivity index (χ0n) is 12.1. The number of hydrogen-bond acceptors (Lipinski definition) is 4. The Labute approximate surface area is 130 Å². The number of thiophene rings is 1. The van der Waals surface area contributed by atoms with E-state index in [1.54, 1.807) is 15.6 Å². The van der Waals surface area contributed by atoms with Crippen molar-refractivity contribution in [3.63, 3.8) is 0 Å². The molecular weight excluding hydrogens is 308 g/mol. The van der Waals surface area contributed by atoms with E-state index in [9.17, 15) is 4.79 Å². The minimum absolute atomic E-state index is 0.0339. The highest BCUT2D eigenvalue weighted by Gasteiger charge is 2.15. The van der Waals surface area contributed by atoms with Gasteiger partial charge in [-0.2, -0.15) is 5.10 Å². The Morgan fingerprint density at radius 3 is 2.86 bits per heavy atom. The summed E-state index contributed by atoms with van der Waals surface area (Å²) in [7, 11) is 1.84. The van der Waals surface area contributed by atoms with Crippen LogP contribution >= 0.6 is 22.9 Å². The molecule has 0 aliphatic rings. The zero-order chi connectivity index (χ0) is 15.1. The molecule has 0 bridgehead atoms. The Morgan fingerprint density at radius 1 is 1.43 bits per heavy atom. The summed E-state index contributed by atoms with van der Waals surface area (Å²) in [6, 6.07) is 0. The van der Waals surface area contributed by atoms with Gasteiger partial charge in [-0.05, 0) is 24.3 Å². The van der Waals surface area contributed by atoms with Gasteiger partial charge in [0.25, 0.3) is 5.56 Å². The molecule has 0 aromatic carbocycles. The highest BCUT2D eigenvalue weighted by Crippen LogP contribution is 2.22. The lowest BCUT2D eigenvalue weighted by Crippen LogP contribution is -2.21. The van der Waals surface area contributed by atoms with Crippen molar-refractivity contribution in [1.82, 2.24) is 19.3 Å². The van der Waals surface area contributed by atoms with E-state index < -0.39 is 0 Å². The molecule has 7 heteroatoms. The van der Waals surface area contributed by atoms with Crippen LogP contribution in [0.15, 0.2) is 16.5 Å². The Kier molecular flexibility index (Phi) is 3.59. The quantitative estimate of drug-likeness (QED) is 0.745. The van der Waals surface area contributed by atoms with Gasteiger partial charge in [-0.25, -0.2) is 4.98 Å². The SMILES string of the molecule is CCc1nn(C)c(Cn2cnc3c(C)csc3c2=O)c1Cl. The fourth-order valence-corrected chi connectivity index (χ4v) is 3.63. The minimum Gasteiger partial charge on any atom is -0.292 e. The number of aryl methyl sites for hydroxylation is 3. The Balaban J connectivity index is 2.08. The third kappa shape index (κ3) is 2.28. The van der Waals surface area contributed by atoms with Crippen molar-refractivity contribution in [2.24, 2.45) is 7.05 Å². The minimum atomic E-state index is -0.0339. The van der Waals surface area contributed by atoms with Gasteiger partial charge in [-0.1, -0.05) is 18.5 Å². The number of fused-ring (bicyclic) bond motifs is 1. The van der Waals surface area contributed by atoms with E-state index in [0.717, 1.165) is 28.9 Å². The first-order valence-corrected chi connectivity index (χ1v) is 7.92. The maximum Gasteiger partial charge on any atom is 0.271 e. The highest BCUT2D eigenvalue weighted by molar-refractivity contribution is 7.17. The van der Waals surface area contributed by atoms with Crippen LogP contribution in [-0.2, 0) is 20.0 Å². The van der Waals surface area contributed by atoms with Crippen LogP contribution in [0, 0.1) is 6.92 Å². The Hall–Kier alpha value is -1.66. The highest BCUT2D eigenvalue weighted by atomic mass is 35.5. The number of nitrogens with zero attached hydrogens (tertiary/aromatic N) is 4. The molecule has 3 heterocycles. The van der Waals surface area contributed by atoms with Crippen LogP contribution in [0.4, 0.5) is 0 Å². The van der Waals surface area contributed by atoms with Gasteiger partial charge in [0.15, 0.2) is 0 Å². The fraction of sp³-hybridized carbons (Fsp3) is 0.357. The molecule has 0 saturated heterocycles. The van der Waals surface area contributed by atoms with Gasteiger partial charge in [0.2, 0.25) is 0 Å². The van der Waals surface area contributed by atoms with Crippen molar-refractivity contribution in [2.45, 2.75) is 26.8 Å². The summed E-state index contributed by atoms with van der Waals surface area (Å²) in [5.41, 5.74) is 3.46. The summed E-state index contributed by atoms with van der Waals surface area (Å²) < 4.78 is 4.00. The average molecular weight is 323 g/mol. The van der Waals surface area contributed by atoms with Crippen LogP contribution in [0.25, 0.3) is 10.2 Å². The topological polar surface area (TPSA) is 52.7 Å². The molecule has 0 aliphatic heterocycles. The van der Waals surface area contributed by atoms with Gasteiger partial charge >= 0.3 is 0 Å². The summed E-state index contributed by atoms with van der Waals surface area (Å²) in [5.74, 6) is 0. The van der Waals surface area contributed by atoms with Crippen molar-refractivity contribution >= 4 is 33.2 Å². The molecule has 5 nitrogen and oxygen atoms in total. The molecule has 0 amide bonds. The van der Waals surface area contributed by atoms with Crippen LogP contribution in [0.3, 0.4) is 0 Å². The molecule has 0 unspecified atom stereocenters. The number of aromatic nitrogens is 4. The van der Waals surface area contributed by atoms with E-state index in [1.165, 1.54) is 11.3 Å². The molecule has 0 radical (unpaired) electrons. The largest absolute Gasteiger partial charge is 0.292 e. The van der Waals surface area contributed by atoms with Gasteiger partial charge in [0.1, 0.15) is 4.70 Å². The summed E-state index contributed by atoms with van der Waals surface area (Å²) >= 11 is 7.77. The van der Waals surface area contributed by atoms with E-state index >= 15 is 0 Å². The molecule has 3 aromatic rings. The second-order valence-corrected chi connectivity index (χ2v) is 6.22. The van der Waals surface area contributed by atoms with Gasteiger partial charge in [-0.3, -0.25) is 14.0 Å². The Bertz CT molecular complexity index is 877. The standard InChI is InChI=1S/C14H15ClN4OS/c1-4-9-11(15)10(18(3)17-9)5-19-7-16-12-8(2)6-21-13(12)14(19)20/h6-7H,4-5H2,1-3H3. The van der Waals surface area contributed by atoms with E-state index in [4.69, 9.17) is 11.6 Å². The van der Waals surface area contributed by atoms with Crippen molar-refractivity contribution in [1.29, 1.82) is 0 Å². The maximum absolute atomic E-state index is 12.5. The predicted octanol–water partition coefficient (Wildman–Crippen LogP) is 2.76. The lowest BCUT2D eigenvalue weighted by atomic mass is 10.3. The van der Waals surface area contributed by atoms with Crippen molar-refractivity contribution in [3.8, 4) is 0 Å². The van der Waals surface area contributed by atoms with Crippen LogP contribution in [-0.4, -0.2) is 19.3 Å². The molecule has 3 aromatic heterocycles. The molecule has 3 rings (SSSR count). The summed E-state index contributed by atoms with van der Waals surface area (Å²) in [5, 5.41) is 6.96. The van der Waals surface area contributed by atoms with Crippen molar-refractivity contribution < 1.29 is 0 Å². The smallest absolute Gasteiger partial charge is 0.271 e. The predicted molar refractivity (Wildman–Crippen MR) is 85.3 cm³/mol. The van der Waals surface area contributed by atoms with Gasteiger partial charge in [0, 0.05) is 7.05 Å². The molecule has 21 heavy (non-hydrogen) atoms. The monoisotopic (exact) mass is 322 g/mol. The lowest BCUT2D eigenvalue weighted by Gasteiger charge is -2.06. The van der Waals surface area contributed by atoms with Gasteiger partial charge in [0.05, 0.1) is 34.8 Å². The molecule has 0 fully saturated rings. The second kappa shape index (κ2) is 5.27. The molecule has 0 atom stereocenters. The van der Waals surface area contributed by atoms with Crippen molar-refractivity contribution in [3.05, 3.63) is 44.0 Å². The third-order valence-electron chi connectivity index (χ3n) is 3.55. The van der Waals surface area contributed by atoms with E-state index in [1.807, 2.05) is 26.3 Å². The first kappa shape index (κ1) is 14.3. The summed E-state index contributed by atoms with van der Waals surface area (Å²) in [6.45, 7) is 4.34. The van der Waals surface area contributed by atoms with E-state index in [-0.39, 0.29) is 5.56 Å². The van der Waals surface area contributed by atoms with Crippen LogP contribution in [0.2, 0.25) is 5.02 Å². The Morgan fingerprint density at radius 2 is 2.19 bits per heavy atom. The van der Waals surface area contributed by atoms with Crippen molar-refractivity contribution in [2.75, 3.05) is 0 Å². The molecule has 0 N–H and O–H groups in total. The van der Waals surface area contributed by atoms with E-state index in [2.05, 4.69) is 10.1 Å². The number of hydrogen-bond donors (Lipinski definition) is 0. The zero-order valence-corrected chi connectivity index (χ0v) is 13.6. The number of halogens is 1. The summed E-state index contributed by atoms with van der Waals surface area (Å²) in [4.78, 5) is 16.9. The van der Waals surface area contributed by atoms with Gasteiger partial charge < -0.3 is 0 Å². The average Bonchev–Trinajstić information content (AvgIpc) is 2.97. The first-order chi connectivity index (χ1) is 10.0. The number of rotatable bonds is 3. The molecule has 0 aliphatic carbocycles. The van der Waals surface area contributed by atoms with Crippen LogP contribution < -0.4 is 5.56 Å². The second-order valence-electron chi connectivity index (χ2n) is 4.96. The van der Waals surface area contributed by atoms with E-state index in [0.29, 0.717) is 16.3 Å². The van der Waals surface area contributed by atoms with Crippen LogP contribution in [0.5, 0.6) is 0 Å².